The van der Waals surface area contributed by atoms with Gasteiger partial charge < -0.3 is 5.11 Å². The first-order valence-corrected chi connectivity index (χ1v) is 16.3. The molecule has 1 unspecified atom stereocenters. The largest absolute Gasteiger partial charge is 0.508 e. The Bertz CT molecular complexity index is 1130. The molecule has 40 heavy (non-hydrogen) atoms. The Hall–Kier alpha value is -2.54. The van der Waals surface area contributed by atoms with E-state index in [4.69, 9.17) is 0 Å². The number of hydrogen-bond donors (Lipinski definition) is 1. The van der Waals surface area contributed by atoms with E-state index in [-0.39, 0.29) is 5.41 Å². The van der Waals surface area contributed by atoms with Gasteiger partial charge in [-0.05, 0) is 65.1 Å². The summed E-state index contributed by atoms with van der Waals surface area (Å²) in [5.41, 5.74) is 7.75. The average molecular weight is 541 g/mol. The summed E-state index contributed by atoms with van der Waals surface area (Å²) >= 11 is 0. The van der Waals surface area contributed by atoms with Crippen LogP contribution in [0.15, 0.2) is 66.7 Å². The van der Waals surface area contributed by atoms with Crippen LogP contribution < -0.4 is 0 Å². The van der Waals surface area contributed by atoms with Crippen LogP contribution in [0.4, 0.5) is 0 Å². The zero-order valence-electron chi connectivity index (χ0n) is 26.3. The molecule has 0 aromatic heterocycles. The molecule has 0 aliphatic carbocycles. The van der Waals surface area contributed by atoms with Crippen molar-refractivity contribution >= 4 is 0 Å². The van der Waals surface area contributed by atoms with Crippen LogP contribution in [0.3, 0.4) is 0 Å². The van der Waals surface area contributed by atoms with Gasteiger partial charge in [-0.1, -0.05) is 165 Å². The van der Waals surface area contributed by atoms with Gasteiger partial charge in [-0.3, -0.25) is 0 Å². The summed E-state index contributed by atoms with van der Waals surface area (Å²) < 4.78 is 0. The van der Waals surface area contributed by atoms with Gasteiger partial charge in [0.15, 0.2) is 0 Å². The highest BCUT2D eigenvalue weighted by Gasteiger charge is 2.23. The average Bonchev–Trinajstić information content (AvgIpc) is 2.96. The summed E-state index contributed by atoms with van der Waals surface area (Å²) in [6, 6.07) is 24.0. The van der Waals surface area contributed by atoms with Gasteiger partial charge >= 0.3 is 0 Å². The Kier molecular flexibility index (Phi) is 13.3. The molecule has 0 heterocycles. The minimum Gasteiger partial charge on any atom is -0.508 e. The summed E-state index contributed by atoms with van der Waals surface area (Å²) in [5, 5.41) is 10.7. The van der Waals surface area contributed by atoms with Crippen molar-refractivity contribution in [1.29, 1.82) is 0 Å². The van der Waals surface area contributed by atoms with Crippen molar-refractivity contribution in [2.24, 2.45) is 0 Å². The lowest BCUT2D eigenvalue weighted by Gasteiger charge is -2.27. The van der Waals surface area contributed by atoms with Crippen molar-refractivity contribution in [3.63, 3.8) is 0 Å². The fourth-order valence-corrected chi connectivity index (χ4v) is 6.08. The van der Waals surface area contributed by atoms with E-state index < -0.39 is 0 Å². The topological polar surface area (TPSA) is 20.2 Å². The third-order valence-electron chi connectivity index (χ3n) is 9.07. The molecule has 3 rings (SSSR count). The Morgan fingerprint density at radius 1 is 0.675 bits per heavy atom. The lowest BCUT2D eigenvalue weighted by molar-refractivity contribution is 0.456. The fraction of sp³-hybridized carbons (Fsp3) is 0.538. The van der Waals surface area contributed by atoms with Gasteiger partial charge in [0.05, 0.1) is 0 Å². The molecule has 218 valence electrons. The third kappa shape index (κ3) is 9.83. The van der Waals surface area contributed by atoms with Gasteiger partial charge in [-0.15, -0.1) is 0 Å². The summed E-state index contributed by atoms with van der Waals surface area (Å²) in [5.74, 6) is 0.838. The van der Waals surface area contributed by atoms with E-state index in [2.05, 4.69) is 95.3 Å². The van der Waals surface area contributed by atoms with Crippen LogP contribution in [-0.2, 0) is 11.8 Å². The molecule has 3 aromatic carbocycles. The molecule has 3 aromatic rings. The number of aryl methyl sites for hydroxylation is 1. The van der Waals surface area contributed by atoms with Crippen molar-refractivity contribution < 1.29 is 5.11 Å². The number of aromatic hydroxyl groups is 1. The van der Waals surface area contributed by atoms with Crippen LogP contribution >= 0.6 is 0 Å². The molecule has 0 spiro atoms. The van der Waals surface area contributed by atoms with E-state index in [1.54, 1.807) is 0 Å². The first kappa shape index (κ1) is 32.0. The Morgan fingerprint density at radius 3 is 1.88 bits per heavy atom. The maximum Gasteiger partial charge on any atom is 0.119 e. The monoisotopic (exact) mass is 540 g/mol. The molecular weight excluding hydrogens is 484 g/mol. The second-order valence-electron chi connectivity index (χ2n) is 12.8. The van der Waals surface area contributed by atoms with Gasteiger partial charge in [0.25, 0.3) is 0 Å². The molecule has 1 atom stereocenters. The summed E-state index contributed by atoms with van der Waals surface area (Å²) in [7, 11) is 0. The molecule has 0 aliphatic heterocycles. The normalized spacial score (nSPS) is 12.5. The highest BCUT2D eigenvalue weighted by Crippen LogP contribution is 2.34. The van der Waals surface area contributed by atoms with E-state index in [0.717, 1.165) is 18.4 Å². The molecule has 1 nitrogen and oxygen atoms in total. The van der Waals surface area contributed by atoms with Crippen LogP contribution in [0.1, 0.15) is 150 Å². The number of rotatable bonds is 18. The van der Waals surface area contributed by atoms with Crippen LogP contribution in [-0.4, -0.2) is 5.11 Å². The maximum atomic E-state index is 10.7. The molecule has 0 saturated carbocycles. The van der Waals surface area contributed by atoms with Gasteiger partial charge in [-0.25, -0.2) is 0 Å². The van der Waals surface area contributed by atoms with Crippen LogP contribution in [0.5, 0.6) is 5.75 Å². The van der Waals surface area contributed by atoms with Gasteiger partial charge in [-0.2, -0.15) is 0 Å². The van der Waals surface area contributed by atoms with E-state index in [9.17, 15) is 5.11 Å². The third-order valence-corrected chi connectivity index (χ3v) is 9.07. The SMILES string of the molecule is CCCCCCCCCCCCCCC(C)c1cc(Cc2ccc(C(C)(C)c3ccccc3)cc2C)ccc1O. The summed E-state index contributed by atoms with van der Waals surface area (Å²) in [6.07, 6.45) is 18.6. The standard InChI is InChI=1S/C39H56O/c1-6-7-8-9-10-11-12-13-14-15-16-18-21-31(2)37-30-33(24-27-38(37)40)29-34-25-26-36(28-32(34)3)39(4,5)35-22-19-17-20-23-35/h17,19-20,22-28,30-31,40H,6-16,18,21,29H2,1-5H3. The smallest absolute Gasteiger partial charge is 0.119 e. The number of unbranched alkanes of at least 4 members (excludes halogenated alkanes) is 11. The lowest BCUT2D eigenvalue weighted by atomic mass is 9.77. The minimum absolute atomic E-state index is 0.0282. The first-order valence-electron chi connectivity index (χ1n) is 16.3. The maximum absolute atomic E-state index is 10.7. The predicted molar refractivity (Wildman–Crippen MR) is 175 cm³/mol. The number of hydrogen-bond acceptors (Lipinski definition) is 1. The van der Waals surface area contributed by atoms with Crippen molar-refractivity contribution in [2.45, 2.75) is 136 Å². The first-order chi connectivity index (χ1) is 19.3. The zero-order chi connectivity index (χ0) is 28.8. The van der Waals surface area contributed by atoms with Crippen molar-refractivity contribution in [1.82, 2.24) is 0 Å². The zero-order valence-corrected chi connectivity index (χ0v) is 26.3. The molecule has 0 aliphatic rings. The summed E-state index contributed by atoms with van der Waals surface area (Å²) in [6.45, 7) is 11.4. The number of phenols is 1. The van der Waals surface area contributed by atoms with Gasteiger partial charge in [0.1, 0.15) is 5.75 Å². The van der Waals surface area contributed by atoms with E-state index >= 15 is 0 Å². The molecular formula is C39H56O. The van der Waals surface area contributed by atoms with Crippen molar-refractivity contribution in [3.8, 4) is 5.75 Å². The van der Waals surface area contributed by atoms with Crippen LogP contribution in [0, 0.1) is 6.92 Å². The molecule has 0 radical (unpaired) electrons. The number of phenolic OH excluding ortho intramolecular Hbond substituents is 1. The highest BCUT2D eigenvalue weighted by molar-refractivity contribution is 5.45. The Morgan fingerprint density at radius 2 is 1.27 bits per heavy atom. The molecule has 1 heteroatoms. The molecule has 0 saturated heterocycles. The minimum atomic E-state index is -0.0282. The fourth-order valence-electron chi connectivity index (χ4n) is 6.08. The predicted octanol–water partition coefficient (Wildman–Crippen LogP) is 11.8. The molecule has 0 amide bonds. The highest BCUT2D eigenvalue weighted by atomic mass is 16.3. The van der Waals surface area contributed by atoms with Gasteiger partial charge in [0.2, 0.25) is 0 Å². The van der Waals surface area contributed by atoms with Gasteiger partial charge in [0, 0.05) is 5.41 Å². The van der Waals surface area contributed by atoms with E-state index in [1.807, 2.05) is 6.07 Å². The second-order valence-corrected chi connectivity index (χ2v) is 12.8. The van der Waals surface area contributed by atoms with Crippen molar-refractivity contribution in [3.05, 3.63) is 100 Å². The summed E-state index contributed by atoms with van der Waals surface area (Å²) in [4.78, 5) is 0. The molecule has 1 N–H and O–H groups in total. The lowest BCUT2D eigenvalue weighted by Crippen LogP contribution is -2.19. The van der Waals surface area contributed by atoms with E-state index in [0.29, 0.717) is 11.7 Å². The Labute approximate surface area is 246 Å². The number of benzene rings is 3. The molecule has 0 bridgehead atoms. The Balaban J connectivity index is 1.47. The van der Waals surface area contributed by atoms with Crippen LogP contribution in [0.25, 0.3) is 0 Å². The van der Waals surface area contributed by atoms with Crippen molar-refractivity contribution in [2.75, 3.05) is 0 Å². The second kappa shape index (κ2) is 16.7. The quantitative estimate of drug-likeness (QED) is 0.159. The van der Waals surface area contributed by atoms with Crippen LogP contribution in [0.2, 0.25) is 0 Å². The molecule has 0 fully saturated rings. The van der Waals surface area contributed by atoms with E-state index in [1.165, 1.54) is 105 Å².